The molecule has 2 aromatic carbocycles. The first-order valence-corrected chi connectivity index (χ1v) is 6.45. The fraction of sp³-hybridized carbons (Fsp3) is 0.0667. The highest BCUT2D eigenvalue weighted by atomic mass is 35.5. The summed E-state index contributed by atoms with van der Waals surface area (Å²) in [5, 5.41) is 14.7. The van der Waals surface area contributed by atoms with Crippen molar-refractivity contribution in [2.45, 2.75) is 0 Å². The Morgan fingerprint density at radius 3 is 2.62 bits per heavy atom. The van der Waals surface area contributed by atoms with Crippen LogP contribution in [0.15, 0.2) is 42.5 Å². The van der Waals surface area contributed by atoms with E-state index in [1.165, 1.54) is 24.3 Å². The average molecular weight is 304 g/mol. The summed E-state index contributed by atoms with van der Waals surface area (Å²) in [6.07, 6.45) is 0. The lowest BCUT2D eigenvalue weighted by Gasteiger charge is -2.09. The van der Waals surface area contributed by atoms with E-state index in [0.29, 0.717) is 22.0 Å². The minimum absolute atomic E-state index is 0.0218. The largest absolute Gasteiger partial charge is 0.375 e. The molecule has 0 fully saturated rings. The predicted octanol–water partition coefficient (Wildman–Crippen LogP) is 3.40. The minimum atomic E-state index is -0.369. The summed E-state index contributed by atoms with van der Waals surface area (Å²) in [6, 6.07) is 12.2. The molecule has 0 saturated heterocycles. The zero-order valence-electron chi connectivity index (χ0n) is 10.9. The van der Waals surface area contributed by atoms with Crippen LogP contribution in [0.3, 0.4) is 0 Å². The van der Waals surface area contributed by atoms with Crippen LogP contribution in [0, 0.1) is 17.1 Å². The van der Waals surface area contributed by atoms with Gasteiger partial charge in [0.25, 0.3) is 0 Å². The molecule has 0 aromatic heterocycles. The molecule has 0 spiro atoms. The van der Waals surface area contributed by atoms with Crippen LogP contribution in [-0.2, 0) is 4.79 Å². The number of benzene rings is 2. The SMILES string of the molecule is N#Cc1ccc(Cl)c(NCC(=O)Nc2ccc(F)cc2)c1. The van der Waals surface area contributed by atoms with E-state index in [9.17, 15) is 9.18 Å². The Labute approximate surface area is 126 Å². The highest BCUT2D eigenvalue weighted by molar-refractivity contribution is 6.33. The number of nitrogens with zero attached hydrogens (tertiary/aromatic N) is 1. The van der Waals surface area contributed by atoms with E-state index in [4.69, 9.17) is 16.9 Å². The molecule has 0 radical (unpaired) electrons. The van der Waals surface area contributed by atoms with Crippen LogP contribution in [0.5, 0.6) is 0 Å². The average Bonchev–Trinajstić information content (AvgIpc) is 2.49. The summed E-state index contributed by atoms with van der Waals surface area (Å²) in [6.45, 7) is -0.0218. The van der Waals surface area contributed by atoms with E-state index in [0.717, 1.165) is 0 Å². The molecule has 6 heteroatoms. The number of hydrogen-bond donors (Lipinski definition) is 2. The lowest BCUT2D eigenvalue weighted by atomic mass is 10.2. The van der Waals surface area contributed by atoms with Gasteiger partial charge < -0.3 is 10.6 Å². The Kier molecular flexibility index (Phi) is 4.75. The second-order valence-corrected chi connectivity index (χ2v) is 4.62. The molecule has 21 heavy (non-hydrogen) atoms. The summed E-state index contributed by atoms with van der Waals surface area (Å²) < 4.78 is 12.7. The van der Waals surface area contributed by atoms with Crippen LogP contribution in [0.25, 0.3) is 0 Å². The molecule has 0 unspecified atom stereocenters. The minimum Gasteiger partial charge on any atom is -0.375 e. The molecular weight excluding hydrogens is 293 g/mol. The number of nitriles is 1. The fourth-order valence-electron chi connectivity index (χ4n) is 1.64. The Morgan fingerprint density at radius 2 is 1.95 bits per heavy atom. The second-order valence-electron chi connectivity index (χ2n) is 4.22. The standard InChI is InChI=1S/C15H11ClFN3O/c16-13-6-1-10(8-18)7-14(13)19-9-15(21)20-12-4-2-11(17)3-5-12/h1-7,19H,9H2,(H,20,21). The maximum atomic E-state index is 12.7. The maximum absolute atomic E-state index is 12.7. The molecule has 0 aliphatic rings. The number of carbonyl (C=O) groups is 1. The van der Waals surface area contributed by atoms with Gasteiger partial charge in [0.15, 0.2) is 0 Å². The third-order valence-electron chi connectivity index (χ3n) is 2.66. The molecular formula is C15H11ClFN3O. The van der Waals surface area contributed by atoms with Crippen LogP contribution in [0.2, 0.25) is 5.02 Å². The van der Waals surface area contributed by atoms with E-state index >= 15 is 0 Å². The van der Waals surface area contributed by atoms with Crippen LogP contribution in [0.4, 0.5) is 15.8 Å². The molecule has 4 nitrogen and oxygen atoms in total. The molecule has 1 amide bonds. The van der Waals surface area contributed by atoms with E-state index in [2.05, 4.69) is 10.6 Å². The lowest BCUT2D eigenvalue weighted by molar-refractivity contribution is -0.114. The topological polar surface area (TPSA) is 64.9 Å². The molecule has 0 saturated carbocycles. The normalized spacial score (nSPS) is 9.76. The first kappa shape index (κ1) is 14.8. The smallest absolute Gasteiger partial charge is 0.243 e. The number of anilines is 2. The Balaban J connectivity index is 1.95. The zero-order valence-corrected chi connectivity index (χ0v) is 11.6. The summed E-state index contributed by atoms with van der Waals surface area (Å²) >= 11 is 5.97. The van der Waals surface area contributed by atoms with Gasteiger partial charge in [-0.15, -0.1) is 0 Å². The summed E-state index contributed by atoms with van der Waals surface area (Å²) in [5.41, 5.74) is 1.45. The van der Waals surface area contributed by atoms with E-state index in [1.54, 1.807) is 18.2 Å². The summed E-state index contributed by atoms with van der Waals surface area (Å²) in [7, 11) is 0. The Morgan fingerprint density at radius 1 is 1.24 bits per heavy atom. The van der Waals surface area contributed by atoms with Gasteiger partial charge in [-0.3, -0.25) is 4.79 Å². The second kappa shape index (κ2) is 6.73. The van der Waals surface area contributed by atoms with Gasteiger partial charge in [0.2, 0.25) is 5.91 Å². The van der Waals surface area contributed by atoms with Crippen molar-refractivity contribution in [2.75, 3.05) is 17.2 Å². The zero-order chi connectivity index (χ0) is 15.2. The van der Waals surface area contributed by atoms with Crippen LogP contribution in [0.1, 0.15) is 5.56 Å². The van der Waals surface area contributed by atoms with Gasteiger partial charge in [-0.2, -0.15) is 5.26 Å². The van der Waals surface area contributed by atoms with Crippen LogP contribution >= 0.6 is 11.6 Å². The van der Waals surface area contributed by atoms with Crippen molar-refractivity contribution in [3.63, 3.8) is 0 Å². The first-order valence-electron chi connectivity index (χ1n) is 6.07. The van der Waals surface area contributed by atoms with Crippen molar-refractivity contribution >= 4 is 28.9 Å². The van der Waals surface area contributed by atoms with Gasteiger partial charge in [-0.05, 0) is 42.5 Å². The number of nitrogens with one attached hydrogen (secondary N) is 2. The van der Waals surface area contributed by atoms with E-state index < -0.39 is 0 Å². The molecule has 2 N–H and O–H groups in total. The summed E-state index contributed by atoms with van der Waals surface area (Å²) in [4.78, 5) is 11.8. The van der Waals surface area contributed by atoms with Crippen molar-refractivity contribution < 1.29 is 9.18 Å². The van der Waals surface area contributed by atoms with Gasteiger partial charge >= 0.3 is 0 Å². The van der Waals surface area contributed by atoms with Gasteiger partial charge in [0.1, 0.15) is 5.82 Å². The van der Waals surface area contributed by atoms with Crippen molar-refractivity contribution in [3.05, 3.63) is 58.9 Å². The first-order chi connectivity index (χ1) is 10.1. The fourth-order valence-corrected chi connectivity index (χ4v) is 1.83. The van der Waals surface area contributed by atoms with Crippen molar-refractivity contribution in [3.8, 4) is 6.07 Å². The number of rotatable bonds is 4. The number of halogens is 2. The van der Waals surface area contributed by atoms with Crippen LogP contribution in [-0.4, -0.2) is 12.5 Å². The molecule has 0 heterocycles. The maximum Gasteiger partial charge on any atom is 0.243 e. The number of hydrogen-bond acceptors (Lipinski definition) is 3. The number of carbonyl (C=O) groups excluding carboxylic acids is 1. The van der Waals surface area contributed by atoms with E-state index in [1.807, 2.05) is 6.07 Å². The highest BCUT2D eigenvalue weighted by Gasteiger charge is 2.06. The summed E-state index contributed by atoms with van der Waals surface area (Å²) in [5.74, 6) is -0.675. The quantitative estimate of drug-likeness (QED) is 0.910. The monoisotopic (exact) mass is 303 g/mol. The third-order valence-corrected chi connectivity index (χ3v) is 2.99. The predicted molar refractivity (Wildman–Crippen MR) is 79.7 cm³/mol. The van der Waals surface area contributed by atoms with Gasteiger partial charge in [-0.1, -0.05) is 11.6 Å². The molecule has 2 aromatic rings. The lowest BCUT2D eigenvalue weighted by Crippen LogP contribution is -2.21. The molecule has 0 atom stereocenters. The van der Waals surface area contributed by atoms with Gasteiger partial charge in [-0.25, -0.2) is 4.39 Å². The third kappa shape index (κ3) is 4.20. The van der Waals surface area contributed by atoms with Gasteiger partial charge in [0.05, 0.1) is 28.9 Å². The molecule has 106 valence electrons. The Hall–Kier alpha value is -2.58. The molecule has 0 bridgehead atoms. The van der Waals surface area contributed by atoms with E-state index in [-0.39, 0.29) is 18.3 Å². The highest BCUT2D eigenvalue weighted by Crippen LogP contribution is 2.22. The molecule has 0 aliphatic carbocycles. The van der Waals surface area contributed by atoms with Crippen molar-refractivity contribution in [1.82, 2.24) is 0 Å². The Bertz CT molecular complexity index is 695. The van der Waals surface area contributed by atoms with Crippen molar-refractivity contribution in [2.24, 2.45) is 0 Å². The molecule has 2 rings (SSSR count). The van der Waals surface area contributed by atoms with Crippen molar-refractivity contribution in [1.29, 1.82) is 5.26 Å². The van der Waals surface area contributed by atoms with Crippen LogP contribution < -0.4 is 10.6 Å². The number of amides is 1. The molecule has 0 aliphatic heterocycles. The van der Waals surface area contributed by atoms with Gasteiger partial charge in [0, 0.05) is 5.69 Å².